The lowest BCUT2D eigenvalue weighted by atomic mass is 10.2. The predicted molar refractivity (Wildman–Crippen MR) is 110 cm³/mol. The van der Waals surface area contributed by atoms with Gasteiger partial charge in [-0.15, -0.1) is 24.0 Å². The van der Waals surface area contributed by atoms with Crippen molar-refractivity contribution >= 4 is 35.6 Å². The molecule has 0 unspecified atom stereocenters. The van der Waals surface area contributed by atoms with E-state index < -0.39 is 0 Å². The predicted octanol–water partition coefficient (Wildman–Crippen LogP) is 3.95. The Morgan fingerprint density at radius 3 is 2.46 bits per heavy atom. The van der Waals surface area contributed by atoms with Gasteiger partial charge in [0.1, 0.15) is 0 Å². The van der Waals surface area contributed by atoms with Gasteiger partial charge in [-0.05, 0) is 43.7 Å². The molecule has 0 saturated carbocycles. The van der Waals surface area contributed by atoms with Crippen molar-refractivity contribution in [2.75, 3.05) is 19.0 Å². The first-order chi connectivity index (χ1) is 11.1. The first-order valence-corrected chi connectivity index (χ1v) is 7.55. The normalized spacial score (nSPS) is 10.7. The summed E-state index contributed by atoms with van der Waals surface area (Å²) in [6.45, 7) is 5.05. The Hall–Kier alpha value is -1.96. The number of nitrogens with two attached hydrogens (primary N) is 1. The number of benzene rings is 2. The van der Waals surface area contributed by atoms with E-state index in [0.29, 0.717) is 24.9 Å². The molecule has 6 heteroatoms. The fourth-order valence-corrected chi connectivity index (χ4v) is 2.09. The topological polar surface area (TPSA) is 68.9 Å². The van der Waals surface area contributed by atoms with E-state index in [1.807, 2.05) is 56.3 Å². The summed E-state index contributed by atoms with van der Waals surface area (Å²) in [6.07, 6.45) is 0. The van der Waals surface area contributed by atoms with Crippen molar-refractivity contribution in [3.63, 3.8) is 0 Å². The van der Waals surface area contributed by atoms with E-state index in [-0.39, 0.29) is 24.0 Å². The van der Waals surface area contributed by atoms with Crippen molar-refractivity contribution in [2.45, 2.75) is 20.4 Å². The van der Waals surface area contributed by atoms with Crippen LogP contribution in [0.15, 0.2) is 47.5 Å². The van der Waals surface area contributed by atoms with Crippen LogP contribution in [0.3, 0.4) is 0 Å². The summed E-state index contributed by atoms with van der Waals surface area (Å²) < 4.78 is 10.8. The Bertz CT molecular complexity index is 672. The number of hydrogen-bond acceptors (Lipinski definition) is 3. The third-order valence-corrected chi connectivity index (χ3v) is 3.28. The van der Waals surface area contributed by atoms with Gasteiger partial charge in [-0.3, -0.25) is 0 Å². The van der Waals surface area contributed by atoms with Crippen molar-refractivity contribution in [1.82, 2.24) is 0 Å². The summed E-state index contributed by atoms with van der Waals surface area (Å²) in [7, 11) is 1.62. The number of nitrogens with zero attached hydrogens (tertiary/aromatic N) is 1. The molecule has 0 aliphatic heterocycles. The van der Waals surface area contributed by atoms with E-state index in [2.05, 4.69) is 10.3 Å². The minimum atomic E-state index is 0. The zero-order valence-corrected chi connectivity index (χ0v) is 16.5. The molecular weight excluding hydrogens is 417 g/mol. The van der Waals surface area contributed by atoms with Gasteiger partial charge in [0.2, 0.25) is 0 Å². The first kappa shape index (κ1) is 20.1. The molecule has 0 radical (unpaired) electrons. The Kier molecular flexibility index (Phi) is 8.39. The van der Waals surface area contributed by atoms with Crippen molar-refractivity contribution in [3.05, 3.63) is 53.6 Å². The van der Waals surface area contributed by atoms with Crippen molar-refractivity contribution < 1.29 is 9.47 Å². The van der Waals surface area contributed by atoms with Gasteiger partial charge in [0.05, 0.1) is 20.3 Å². The van der Waals surface area contributed by atoms with Gasteiger partial charge in [0.25, 0.3) is 0 Å². The lowest BCUT2D eigenvalue weighted by molar-refractivity contribution is 0.310. The van der Waals surface area contributed by atoms with Crippen LogP contribution in [0.2, 0.25) is 0 Å². The molecule has 24 heavy (non-hydrogen) atoms. The molecule has 0 aliphatic carbocycles. The van der Waals surface area contributed by atoms with Crippen LogP contribution in [0.4, 0.5) is 5.69 Å². The highest BCUT2D eigenvalue weighted by molar-refractivity contribution is 14.0. The fourth-order valence-electron chi connectivity index (χ4n) is 2.09. The molecule has 2 rings (SSSR count). The lowest BCUT2D eigenvalue weighted by Gasteiger charge is -2.10. The molecule has 3 N–H and O–H groups in total. The summed E-state index contributed by atoms with van der Waals surface area (Å²) in [4.78, 5) is 4.35. The summed E-state index contributed by atoms with van der Waals surface area (Å²) in [5, 5.41) is 3.07. The van der Waals surface area contributed by atoms with Crippen molar-refractivity contribution in [1.29, 1.82) is 0 Å². The molecule has 0 atom stereocenters. The summed E-state index contributed by atoms with van der Waals surface area (Å²) >= 11 is 0. The second-order valence-electron chi connectivity index (χ2n) is 5.11. The smallest absolute Gasteiger partial charge is 0.193 e. The maximum Gasteiger partial charge on any atom is 0.193 e. The summed E-state index contributed by atoms with van der Waals surface area (Å²) in [5.41, 5.74) is 9.04. The molecular formula is C18H24IN3O2. The number of aliphatic imine (C=N–C) groups is 1. The highest BCUT2D eigenvalue weighted by atomic mass is 127. The molecule has 0 bridgehead atoms. The molecule has 0 aromatic heterocycles. The van der Waals surface area contributed by atoms with Gasteiger partial charge < -0.3 is 20.5 Å². The van der Waals surface area contributed by atoms with Crippen LogP contribution in [0.1, 0.15) is 18.1 Å². The standard InChI is InChI=1S/C18H23N3O2.HI/c1-4-23-16-10-7-14(11-17(16)22-3)12-20-18(19)21-15-8-5-13(2)6-9-15;/h5-11H,4,12H2,1-3H3,(H3,19,20,21);1H. The highest BCUT2D eigenvalue weighted by Crippen LogP contribution is 2.28. The molecule has 0 spiro atoms. The quantitative estimate of drug-likeness (QED) is 0.405. The number of anilines is 1. The van der Waals surface area contributed by atoms with Gasteiger partial charge in [-0.25, -0.2) is 4.99 Å². The third kappa shape index (κ3) is 5.92. The minimum absolute atomic E-state index is 0. The van der Waals surface area contributed by atoms with Gasteiger partial charge in [0, 0.05) is 5.69 Å². The van der Waals surface area contributed by atoms with Gasteiger partial charge in [-0.2, -0.15) is 0 Å². The molecule has 0 heterocycles. The third-order valence-electron chi connectivity index (χ3n) is 3.28. The zero-order chi connectivity index (χ0) is 16.7. The van der Waals surface area contributed by atoms with E-state index >= 15 is 0 Å². The van der Waals surface area contributed by atoms with Crippen LogP contribution < -0.4 is 20.5 Å². The minimum Gasteiger partial charge on any atom is -0.493 e. The average molecular weight is 441 g/mol. The molecule has 0 saturated heterocycles. The van der Waals surface area contributed by atoms with Crippen LogP contribution in [0.5, 0.6) is 11.5 Å². The number of rotatable bonds is 6. The number of nitrogens with one attached hydrogen (secondary N) is 1. The van der Waals surface area contributed by atoms with Crippen LogP contribution >= 0.6 is 24.0 Å². The molecule has 0 amide bonds. The largest absolute Gasteiger partial charge is 0.493 e. The summed E-state index contributed by atoms with van der Waals surface area (Å²) in [5.74, 6) is 1.81. The van der Waals surface area contributed by atoms with E-state index in [1.54, 1.807) is 7.11 Å². The number of ether oxygens (including phenoxy) is 2. The monoisotopic (exact) mass is 441 g/mol. The SMILES string of the molecule is CCOc1ccc(CN=C(N)Nc2ccc(C)cc2)cc1OC.I. The first-order valence-electron chi connectivity index (χ1n) is 7.55. The Labute approximate surface area is 160 Å². The van der Waals surface area contributed by atoms with Crippen LogP contribution in [-0.4, -0.2) is 19.7 Å². The fraction of sp³-hybridized carbons (Fsp3) is 0.278. The second-order valence-corrected chi connectivity index (χ2v) is 5.11. The van der Waals surface area contributed by atoms with E-state index in [0.717, 1.165) is 17.0 Å². The van der Waals surface area contributed by atoms with Crippen LogP contribution in [0.25, 0.3) is 0 Å². The Morgan fingerprint density at radius 2 is 1.83 bits per heavy atom. The van der Waals surface area contributed by atoms with Gasteiger partial charge in [-0.1, -0.05) is 23.8 Å². The lowest BCUT2D eigenvalue weighted by Crippen LogP contribution is -2.22. The molecule has 0 aliphatic rings. The average Bonchev–Trinajstić information content (AvgIpc) is 2.56. The van der Waals surface area contributed by atoms with Crippen LogP contribution in [0, 0.1) is 6.92 Å². The van der Waals surface area contributed by atoms with Gasteiger partial charge in [0.15, 0.2) is 17.5 Å². The maximum atomic E-state index is 5.92. The van der Waals surface area contributed by atoms with Crippen molar-refractivity contribution in [2.24, 2.45) is 10.7 Å². The van der Waals surface area contributed by atoms with Gasteiger partial charge >= 0.3 is 0 Å². The second kappa shape index (κ2) is 10.0. The number of aryl methyl sites for hydroxylation is 1. The summed E-state index contributed by atoms with van der Waals surface area (Å²) in [6, 6.07) is 13.7. The molecule has 5 nitrogen and oxygen atoms in total. The maximum absolute atomic E-state index is 5.92. The molecule has 0 fully saturated rings. The number of halogens is 1. The van der Waals surface area contributed by atoms with E-state index in [1.165, 1.54) is 5.56 Å². The highest BCUT2D eigenvalue weighted by Gasteiger charge is 2.05. The number of guanidine groups is 1. The Morgan fingerprint density at radius 1 is 1.12 bits per heavy atom. The molecule has 2 aromatic carbocycles. The Balaban J connectivity index is 0.00000288. The van der Waals surface area contributed by atoms with E-state index in [9.17, 15) is 0 Å². The molecule has 130 valence electrons. The molecule has 2 aromatic rings. The number of hydrogen-bond donors (Lipinski definition) is 2. The zero-order valence-electron chi connectivity index (χ0n) is 14.2. The van der Waals surface area contributed by atoms with Crippen molar-refractivity contribution in [3.8, 4) is 11.5 Å². The van der Waals surface area contributed by atoms with E-state index in [4.69, 9.17) is 15.2 Å². The number of methoxy groups -OCH3 is 1. The van der Waals surface area contributed by atoms with Crippen LogP contribution in [-0.2, 0) is 6.54 Å².